The van der Waals surface area contributed by atoms with Gasteiger partial charge in [0, 0.05) is 6.04 Å². The Hall–Kier alpha value is -2.40. The number of aromatic nitrogens is 1. The molecule has 24 heavy (non-hydrogen) atoms. The van der Waals surface area contributed by atoms with E-state index in [1.54, 1.807) is 22.8 Å². The molecule has 1 aromatic heterocycles. The lowest BCUT2D eigenvalue weighted by Crippen LogP contribution is -2.35. The van der Waals surface area contributed by atoms with Crippen LogP contribution in [0, 0.1) is 11.2 Å². The van der Waals surface area contributed by atoms with Crippen molar-refractivity contribution in [2.45, 2.75) is 33.5 Å². The molecule has 0 saturated carbocycles. The van der Waals surface area contributed by atoms with Crippen LogP contribution in [0.2, 0.25) is 0 Å². The van der Waals surface area contributed by atoms with E-state index in [0.717, 1.165) is 11.1 Å². The maximum atomic E-state index is 13.2. The molecule has 0 aliphatic carbocycles. The van der Waals surface area contributed by atoms with Gasteiger partial charge in [0.05, 0.1) is 12.2 Å². The highest BCUT2D eigenvalue weighted by Gasteiger charge is 2.26. The van der Waals surface area contributed by atoms with Crippen molar-refractivity contribution >= 4 is 11.1 Å². The Bertz CT molecular complexity index is 888. The second-order valence-corrected chi connectivity index (χ2v) is 6.98. The summed E-state index contributed by atoms with van der Waals surface area (Å²) in [5, 5.41) is 3.41. The number of hydrogen-bond donors (Lipinski definition) is 1. The summed E-state index contributed by atoms with van der Waals surface area (Å²) in [5.74, 6) is -0.654. The number of hydrogen-bond acceptors (Lipinski definition) is 3. The van der Waals surface area contributed by atoms with E-state index in [2.05, 4.69) is 26.1 Å². The first kappa shape index (κ1) is 16.5. The average Bonchev–Trinajstić information content (AvgIpc) is 2.84. The first-order chi connectivity index (χ1) is 11.4. The first-order valence-corrected chi connectivity index (χ1v) is 7.93. The lowest BCUT2D eigenvalue weighted by atomic mass is 9.82. The minimum absolute atomic E-state index is 0.0429. The molecule has 4 nitrogen and oxygen atoms in total. The van der Waals surface area contributed by atoms with Crippen LogP contribution in [0.3, 0.4) is 0 Å². The van der Waals surface area contributed by atoms with Gasteiger partial charge < -0.3 is 4.42 Å². The molecule has 1 unspecified atom stereocenters. The van der Waals surface area contributed by atoms with Gasteiger partial charge in [-0.1, -0.05) is 45.0 Å². The van der Waals surface area contributed by atoms with Crippen molar-refractivity contribution in [1.29, 1.82) is 0 Å². The molecular weight excluding hydrogens is 307 g/mol. The highest BCUT2D eigenvalue weighted by molar-refractivity contribution is 5.72. The van der Waals surface area contributed by atoms with Crippen molar-refractivity contribution < 1.29 is 8.81 Å². The Morgan fingerprint density at radius 3 is 2.46 bits per heavy atom. The molecule has 1 heterocycles. The topological polar surface area (TPSA) is 47.2 Å². The average molecular weight is 328 g/mol. The number of nitrogens with zero attached hydrogens (tertiary/aromatic N) is 1. The Balaban J connectivity index is 1.90. The SMILES string of the molecule is CC(C)(C)C(NCn1c(=O)oc2ccccc21)c1ccc(F)cc1. The fourth-order valence-electron chi connectivity index (χ4n) is 2.93. The van der Waals surface area contributed by atoms with Crippen LogP contribution in [-0.4, -0.2) is 4.57 Å². The third-order valence-corrected chi connectivity index (χ3v) is 4.10. The summed E-state index contributed by atoms with van der Waals surface area (Å²) in [4.78, 5) is 12.1. The second kappa shape index (κ2) is 6.24. The summed E-state index contributed by atoms with van der Waals surface area (Å²) < 4.78 is 20.0. The zero-order chi connectivity index (χ0) is 17.3. The second-order valence-electron chi connectivity index (χ2n) is 6.98. The highest BCUT2D eigenvalue weighted by atomic mass is 19.1. The van der Waals surface area contributed by atoms with Crippen LogP contribution in [-0.2, 0) is 6.67 Å². The highest BCUT2D eigenvalue weighted by Crippen LogP contribution is 2.32. The zero-order valence-corrected chi connectivity index (χ0v) is 14.0. The van der Waals surface area contributed by atoms with E-state index in [4.69, 9.17) is 4.42 Å². The number of halogens is 1. The Kier molecular flexibility index (Phi) is 4.28. The van der Waals surface area contributed by atoms with E-state index in [0.29, 0.717) is 12.3 Å². The third kappa shape index (κ3) is 3.26. The van der Waals surface area contributed by atoms with E-state index in [9.17, 15) is 9.18 Å². The molecule has 3 rings (SSSR count). The molecule has 0 fully saturated rings. The minimum atomic E-state index is -0.393. The van der Waals surface area contributed by atoms with Gasteiger partial charge >= 0.3 is 5.76 Å². The molecule has 0 aliphatic heterocycles. The molecule has 0 bridgehead atoms. The quantitative estimate of drug-likeness (QED) is 0.785. The van der Waals surface area contributed by atoms with Gasteiger partial charge in [0.25, 0.3) is 0 Å². The molecule has 0 saturated heterocycles. The predicted octanol–water partition coefficient (Wildman–Crippen LogP) is 4.07. The number of fused-ring (bicyclic) bond motifs is 1. The van der Waals surface area contributed by atoms with Crippen molar-refractivity contribution in [1.82, 2.24) is 9.88 Å². The van der Waals surface area contributed by atoms with Crippen LogP contribution in [0.4, 0.5) is 4.39 Å². The number of benzene rings is 2. The minimum Gasteiger partial charge on any atom is -0.408 e. The molecule has 0 amide bonds. The van der Waals surface area contributed by atoms with Crippen LogP contribution in [0.5, 0.6) is 0 Å². The van der Waals surface area contributed by atoms with Gasteiger partial charge in [-0.15, -0.1) is 0 Å². The summed E-state index contributed by atoms with van der Waals surface area (Å²) >= 11 is 0. The fourth-order valence-corrected chi connectivity index (χ4v) is 2.93. The Morgan fingerprint density at radius 1 is 1.12 bits per heavy atom. The zero-order valence-electron chi connectivity index (χ0n) is 14.0. The molecule has 5 heteroatoms. The summed E-state index contributed by atoms with van der Waals surface area (Å²) in [7, 11) is 0. The molecular formula is C19H21FN2O2. The van der Waals surface area contributed by atoms with E-state index in [1.807, 2.05) is 18.2 Å². The van der Waals surface area contributed by atoms with Gasteiger partial charge in [-0.05, 0) is 35.2 Å². The largest absolute Gasteiger partial charge is 0.421 e. The van der Waals surface area contributed by atoms with Gasteiger partial charge in [0.15, 0.2) is 5.58 Å². The van der Waals surface area contributed by atoms with Crippen LogP contribution >= 0.6 is 0 Å². The number of para-hydroxylation sites is 2. The number of nitrogens with one attached hydrogen (secondary N) is 1. The predicted molar refractivity (Wildman–Crippen MR) is 92.2 cm³/mol. The van der Waals surface area contributed by atoms with Crippen molar-refractivity contribution in [2.75, 3.05) is 0 Å². The van der Waals surface area contributed by atoms with E-state index >= 15 is 0 Å². The van der Waals surface area contributed by atoms with E-state index in [1.165, 1.54) is 12.1 Å². The van der Waals surface area contributed by atoms with Gasteiger partial charge in [-0.3, -0.25) is 9.88 Å². The Labute approximate surface area is 139 Å². The van der Waals surface area contributed by atoms with Crippen LogP contribution in [0.1, 0.15) is 32.4 Å². The van der Waals surface area contributed by atoms with Crippen molar-refractivity contribution in [2.24, 2.45) is 5.41 Å². The molecule has 1 atom stereocenters. The number of rotatable bonds is 4. The molecule has 0 aliphatic rings. The third-order valence-electron chi connectivity index (χ3n) is 4.10. The summed E-state index contributed by atoms with van der Waals surface area (Å²) in [6, 6.07) is 13.7. The Morgan fingerprint density at radius 2 is 1.79 bits per heavy atom. The summed E-state index contributed by atoms with van der Waals surface area (Å²) in [6.45, 7) is 6.62. The van der Waals surface area contributed by atoms with Gasteiger partial charge in [-0.2, -0.15) is 0 Å². The van der Waals surface area contributed by atoms with Gasteiger partial charge in [0.1, 0.15) is 5.82 Å². The smallest absolute Gasteiger partial charge is 0.408 e. The number of oxazole rings is 1. The summed E-state index contributed by atoms with van der Waals surface area (Å²) in [5.41, 5.74) is 2.19. The molecule has 0 spiro atoms. The normalized spacial score (nSPS) is 13.3. The lowest BCUT2D eigenvalue weighted by Gasteiger charge is -2.32. The van der Waals surface area contributed by atoms with Gasteiger partial charge in [0.2, 0.25) is 0 Å². The molecule has 2 aromatic carbocycles. The molecule has 3 aromatic rings. The lowest BCUT2D eigenvalue weighted by molar-refractivity contribution is 0.254. The van der Waals surface area contributed by atoms with Gasteiger partial charge in [-0.25, -0.2) is 9.18 Å². The molecule has 1 N–H and O–H groups in total. The van der Waals surface area contributed by atoms with Crippen molar-refractivity contribution in [3.63, 3.8) is 0 Å². The molecule has 0 radical (unpaired) electrons. The van der Waals surface area contributed by atoms with Crippen molar-refractivity contribution in [3.8, 4) is 0 Å². The summed E-state index contributed by atoms with van der Waals surface area (Å²) in [6.07, 6.45) is 0. The molecule has 126 valence electrons. The van der Waals surface area contributed by atoms with E-state index < -0.39 is 5.76 Å². The van der Waals surface area contributed by atoms with E-state index in [-0.39, 0.29) is 17.3 Å². The maximum absolute atomic E-state index is 13.2. The standard InChI is InChI=1S/C19H21FN2O2/c1-19(2,3)17(13-8-10-14(20)11-9-13)21-12-22-15-6-4-5-7-16(15)24-18(22)23/h4-11,17,21H,12H2,1-3H3. The monoisotopic (exact) mass is 328 g/mol. The van der Waals surface area contributed by atoms with Crippen LogP contribution in [0.15, 0.2) is 57.7 Å². The van der Waals surface area contributed by atoms with Crippen LogP contribution in [0.25, 0.3) is 11.1 Å². The first-order valence-electron chi connectivity index (χ1n) is 7.93. The fraction of sp³-hybridized carbons (Fsp3) is 0.316. The maximum Gasteiger partial charge on any atom is 0.421 e. The van der Waals surface area contributed by atoms with Crippen LogP contribution < -0.4 is 11.1 Å². The van der Waals surface area contributed by atoms with Crippen molar-refractivity contribution in [3.05, 3.63) is 70.5 Å².